The van der Waals surface area contributed by atoms with Crippen molar-refractivity contribution in [1.29, 1.82) is 0 Å². The van der Waals surface area contributed by atoms with Crippen LogP contribution in [-0.4, -0.2) is 15.1 Å². The molecule has 3 nitrogen and oxygen atoms in total. The van der Waals surface area contributed by atoms with Crippen LogP contribution in [0, 0.1) is 6.07 Å². The summed E-state index contributed by atoms with van der Waals surface area (Å²) in [5.41, 5.74) is 16.8. The van der Waals surface area contributed by atoms with Crippen LogP contribution in [-0.2, 0) is 37.3 Å². The summed E-state index contributed by atoms with van der Waals surface area (Å²) in [4.78, 5) is 10.3. The van der Waals surface area contributed by atoms with E-state index in [0.29, 0.717) is 17.2 Å². The monoisotopic (exact) mass is 1020 g/mol. The van der Waals surface area contributed by atoms with E-state index in [4.69, 9.17) is 9.97 Å². The molecule has 0 spiro atoms. The molecule has 0 fully saturated rings. The third kappa shape index (κ3) is 10.1. The van der Waals surface area contributed by atoms with Gasteiger partial charge >= 0.3 is 0 Å². The fourth-order valence-electron chi connectivity index (χ4n) is 8.29. The molecule has 1 atom stereocenters. The summed E-state index contributed by atoms with van der Waals surface area (Å²) in [6.45, 7) is 22.3. The van der Waals surface area contributed by atoms with Crippen molar-refractivity contribution in [3.63, 3.8) is 0 Å². The quantitative estimate of drug-likeness (QED) is 0.154. The number of phenols is 1. The second-order valence-electron chi connectivity index (χ2n) is 20.1. The number of aromatic nitrogens is 2. The Labute approximate surface area is 396 Å². The van der Waals surface area contributed by atoms with Crippen molar-refractivity contribution in [1.82, 2.24) is 9.97 Å². The molecule has 1 N–H and O–H groups in total. The molecule has 2 aromatic heterocycles. The van der Waals surface area contributed by atoms with Gasteiger partial charge in [-0.05, 0) is 90.1 Å². The molecule has 0 aliphatic carbocycles. The molecule has 6 aromatic carbocycles. The second kappa shape index (κ2) is 18.3. The Morgan fingerprint density at radius 1 is 0.453 bits per heavy atom. The number of aromatic hydroxyl groups is 1. The molecule has 0 saturated heterocycles. The van der Waals surface area contributed by atoms with E-state index < -0.39 is 0 Å². The first-order chi connectivity index (χ1) is 29.9. The maximum atomic E-state index is 11.9. The third-order valence-corrected chi connectivity index (χ3v) is 12.3. The van der Waals surface area contributed by atoms with E-state index in [-0.39, 0.29) is 43.1 Å². The average Bonchev–Trinajstić information content (AvgIpc) is 3.28. The minimum Gasteiger partial charge on any atom is -0.507 e. The van der Waals surface area contributed by atoms with E-state index in [9.17, 15) is 5.11 Å². The maximum absolute atomic E-state index is 11.9. The minimum absolute atomic E-state index is 0. The van der Waals surface area contributed by atoms with Crippen molar-refractivity contribution in [3.05, 3.63) is 198 Å². The van der Waals surface area contributed by atoms with Crippen molar-refractivity contribution in [2.75, 3.05) is 0 Å². The van der Waals surface area contributed by atoms with Crippen LogP contribution in [0.3, 0.4) is 0 Å². The molecule has 4 heteroatoms. The molecular formula is C60H59N2OPt-. The Hall–Kier alpha value is -5.89. The van der Waals surface area contributed by atoms with Gasteiger partial charge < -0.3 is 5.11 Å². The summed E-state index contributed by atoms with van der Waals surface area (Å²) in [6.07, 6.45) is 1.89. The first-order valence-corrected chi connectivity index (χ1v) is 22.2. The SMILES string of the molecule is CC(c1ccccc1)c1ccc(-c2ccnc(-c3[c-]c(-c4cc(-c5cc(C(C)(C)C)cc(C(C)(C)C)c5)cc(-c5cccc(C(C)(C)C)c5O)n4)cc(-c4ccccc4)c3)c2)cc1.[Pt]. The van der Waals surface area contributed by atoms with E-state index in [1.165, 1.54) is 22.3 Å². The molecule has 326 valence electrons. The van der Waals surface area contributed by atoms with Crippen LogP contribution in [0.1, 0.15) is 103 Å². The zero-order chi connectivity index (χ0) is 44.7. The Kier molecular flexibility index (Phi) is 13.2. The zero-order valence-corrected chi connectivity index (χ0v) is 41.1. The van der Waals surface area contributed by atoms with E-state index in [0.717, 1.165) is 61.5 Å². The van der Waals surface area contributed by atoms with Gasteiger partial charge in [-0.1, -0.05) is 213 Å². The molecule has 0 radical (unpaired) electrons. The molecular weight excluding hydrogens is 960 g/mol. The standard InChI is InChI=1S/C60H59N2O.Pt/c1-39(40-18-13-11-14-19-40)41-24-26-43(27-25-41)44-28-29-61-54(35-44)48-30-45(42-20-15-12-16-21-42)31-49(32-48)55-36-47(46-33-50(58(2,3)4)38-51(34-46)59(5,6)7)37-56(62-55)52-22-17-23-53(57(52)63)60(8,9)10;/h11-31,33-39,63H,1-10H3;/q-1;. The number of rotatable bonds is 8. The van der Waals surface area contributed by atoms with Crippen molar-refractivity contribution in [3.8, 4) is 72.9 Å². The molecule has 64 heavy (non-hydrogen) atoms. The fraction of sp³-hybridized carbons (Fsp3) is 0.233. The summed E-state index contributed by atoms with van der Waals surface area (Å²) < 4.78 is 0. The van der Waals surface area contributed by atoms with Crippen LogP contribution in [0.15, 0.2) is 164 Å². The number of nitrogens with zero attached hydrogens (tertiary/aromatic N) is 2. The van der Waals surface area contributed by atoms with Crippen LogP contribution in [0.4, 0.5) is 0 Å². The van der Waals surface area contributed by atoms with Crippen LogP contribution in [0.5, 0.6) is 5.75 Å². The van der Waals surface area contributed by atoms with Gasteiger partial charge in [0.2, 0.25) is 0 Å². The third-order valence-electron chi connectivity index (χ3n) is 12.3. The Balaban J connectivity index is 0.00000612. The normalized spacial score (nSPS) is 12.4. The van der Waals surface area contributed by atoms with Crippen molar-refractivity contribution < 1.29 is 26.2 Å². The van der Waals surface area contributed by atoms with Gasteiger partial charge in [0, 0.05) is 50.1 Å². The number of hydrogen-bond acceptors (Lipinski definition) is 3. The van der Waals surface area contributed by atoms with Crippen molar-refractivity contribution in [2.24, 2.45) is 0 Å². The predicted molar refractivity (Wildman–Crippen MR) is 265 cm³/mol. The molecule has 0 amide bonds. The average molecular weight is 1020 g/mol. The summed E-state index contributed by atoms with van der Waals surface area (Å²) >= 11 is 0. The second-order valence-corrected chi connectivity index (χ2v) is 20.1. The van der Waals surface area contributed by atoms with Gasteiger partial charge in [-0.15, -0.1) is 18.2 Å². The number of para-hydroxylation sites is 1. The number of benzene rings is 6. The number of phenolic OH excluding ortho intramolecular Hbond substituents is 1. The Morgan fingerprint density at radius 3 is 1.58 bits per heavy atom. The molecule has 0 aliphatic rings. The molecule has 8 aromatic rings. The van der Waals surface area contributed by atoms with Gasteiger partial charge in [0.05, 0.1) is 5.69 Å². The van der Waals surface area contributed by atoms with E-state index in [2.05, 4.69) is 209 Å². The van der Waals surface area contributed by atoms with Gasteiger partial charge in [-0.2, -0.15) is 0 Å². The van der Waals surface area contributed by atoms with Crippen molar-refractivity contribution >= 4 is 0 Å². The van der Waals surface area contributed by atoms with E-state index in [1.54, 1.807) is 0 Å². The predicted octanol–water partition coefficient (Wildman–Crippen LogP) is 16.0. The van der Waals surface area contributed by atoms with Crippen LogP contribution >= 0.6 is 0 Å². The van der Waals surface area contributed by atoms with Crippen molar-refractivity contribution in [2.45, 2.75) is 91.4 Å². The smallest absolute Gasteiger partial charge is 0.128 e. The molecule has 1 unspecified atom stereocenters. The summed E-state index contributed by atoms with van der Waals surface area (Å²) in [6, 6.07) is 59.8. The Morgan fingerprint density at radius 2 is 0.969 bits per heavy atom. The van der Waals surface area contributed by atoms with Crippen LogP contribution in [0.2, 0.25) is 0 Å². The first-order valence-electron chi connectivity index (χ1n) is 22.2. The van der Waals surface area contributed by atoms with Crippen LogP contribution < -0.4 is 0 Å². The van der Waals surface area contributed by atoms with Gasteiger partial charge in [0.25, 0.3) is 0 Å². The Bertz CT molecular complexity index is 2860. The summed E-state index contributed by atoms with van der Waals surface area (Å²) in [5, 5.41) is 11.9. The topological polar surface area (TPSA) is 46.0 Å². The fourth-order valence-corrected chi connectivity index (χ4v) is 8.29. The summed E-state index contributed by atoms with van der Waals surface area (Å²) in [7, 11) is 0. The van der Waals surface area contributed by atoms with Gasteiger partial charge in [-0.25, -0.2) is 0 Å². The molecule has 2 heterocycles. The summed E-state index contributed by atoms with van der Waals surface area (Å²) in [5.74, 6) is 0.551. The molecule has 0 bridgehead atoms. The van der Waals surface area contributed by atoms with Gasteiger partial charge in [0.1, 0.15) is 5.75 Å². The van der Waals surface area contributed by atoms with E-state index in [1.807, 2.05) is 30.5 Å². The zero-order valence-electron chi connectivity index (χ0n) is 38.8. The van der Waals surface area contributed by atoms with Crippen LogP contribution in [0.25, 0.3) is 67.2 Å². The number of hydrogen-bond donors (Lipinski definition) is 1. The molecule has 0 saturated carbocycles. The van der Waals surface area contributed by atoms with E-state index >= 15 is 0 Å². The molecule has 0 aliphatic heterocycles. The minimum atomic E-state index is -0.264. The molecule has 8 rings (SSSR count). The van der Waals surface area contributed by atoms with Gasteiger partial charge in [0.15, 0.2) is 0 Å². The maximum Gasteiger partial charge on any atom is 0.128 e. The largest absolute Gasteiger partial charge is 0.507 e. The first kappa shape index (κ1) is 46.1. The van der Waals surface area contributed by atoms with Gasteiger partial charge in [-0.3, -0.25) is 9.97 Å². The number of pyridine rings is 2.